The highest BCUT2D eigenvalue weighted by Gasteiger charge is 2.20. The normalized spacial score (nSPS) is 15.6. The Morgan fingerprint density at radius 2 is 1.83 bits per heavy atom. The maximum absolute atomic E-state index is 11.3. The number of hydrogen-bond donors (Lipinski definition) is 1. The van der Waals surface area contributed by atoms with Crippen LogP contribution in [0.25, 0.3) is 0 Å². The summed E-state index contributed by atoms with van der Waals surface area (Å²) in [5.41, 5.74) is 1.23. The fraction of sp³-hybridized carbons (Fsp3) is 0.333. The van der Waals surface area contributed by atoms with Gasteiger partial charge in [-0.3, -0.25) is 4.79 Å². The predicted octanol–water partition coefficient (Wildman–Crippen LogP) is 3.78. The van der Waals surface area contributed by atoms with E-state index in [1.807, 2.05) is 24.3 Å². The largest absolute Gasteiger partial charge is 0.486 e. The second-order valence-electron chi connectivity index (χ2n) is 5.74. The van der Waals surface area contributed by atoms with Gasteiger partial charge in [0.1, 0.15) is 23.9 Å². The van der Waals surface area contributed by atoms with Crippen molar-refractivity contribution in [3.8, 4) is 5.75 Å². The van der Waals surface area contributed by atoms with Crippen molar-refractivity contribution in [2.45, 2.75) is 38.2 Å². The lowest BCUT2D eigenvalue weighted by Crippen LogP contribution is -2.12. The Morgan fingerprint density at radius 1 is 1.13 bits per heavy atom. The summed E-state index contributed by atoms with van der Waals surface area (Å²) in [6.45, 7) is 0.185. The van der Waals surface area contributed by atoms with Gasteiger partial charge in [0.2, 0.25) is 5.76 Å². The van der Waals surface area contributed by atoms with Crippen LogP contribution in [0.15, 0.2) is 40.8 Å². The molecule has 1 aliphatic carbocycles. The van der Waals surface area contributed by atoms with Crippen LogP contribution in [-0.4, -0.2) is 16.9 Å². The first-order valence-electron chi connectivity index (χ1n) is 7.68. The fourth-order valence-corrected chi connectivity index (χ4v) is 2.83. The SMILES string of the molecule is O=C1CCC(c2ccc(OCc3ccc(C(=O)O)o3)cc2)CC1. The van der Waals surface area contributed by atoms with E-state index in [1.54, 1.807) is 6.07 Å². The molecule has 1 aromatic heterocycles. The highest BCUT2D eigenvalue weighted by Crippen LogP contribution is 2.32. The standard InChI is InChI=1S/C18H18O5/c19-14-5-1-12(2-6-14)13-3-7-15(8-4-13)22-11-16-9-10-17(23-16)18(20)21/h3-4,7-10,12H,1-2,5-6,11H2,(H,20,21). The highest BCUT2D eigenvalue weighted by molar-refractivity contribution is 5.84. The van der Waals surface area contributed by atoms with Crippen molar-refractivity contribution in [2.75, 3.05) is 0 Å². The van der Waals surface area contributed by atoms with E-state index in [4.69, 9.17) is 14.3 Å². The number of ketones is 1. The molecular weight excluding hydrogens is 296 g/mol. The zero-order valence-corrected chi connectivity index (χ0v) is 12.7. The van der Waals surface area contributed by atoms with Gasteiger partial charge in [0, 0.05) is 12.8 Å². The van der Waals surface area contributed by atoms with Crippen molar-refractivity contribution < 1.29 is 23.8 Å². The van der Waals surface area contributed by atoms with Crippen LogP contribution in [0.4, 0.5) is 0 Å². The molecule has 2 aromatic rings. The third kappa shape index (κ3) is 3.80. The number of carbonyl (C=O) groups excluding carboxylic acids is 1. The van der Waals surface area contributed by atoms with Crippen molar-refractivity contribution in [1.82, 2.24) is 0 Å². The molecule has 1 N–H and O–H groups in total. The summed E-state index contributed by atoms with van der Waals surface area (Å²) in [4.78, 5) is 22.0. The summed E-state index contributed by atoms with van der Waals surface area (Å²) < 4.78 is 10.7. The Hall–Kier alpha value is -2.56. The molecule has 0 amide bonds. The molecule has 1 aliphatic rings. The molecule has 1 aromatic carbocycles. The van der Waals surface area contributed by atoms with Gasteiger partial charge in [-0.05, 0) is 48.6 Å². The second-order valence-corrected chi connectivity index (χ2v) is 5.74. The van der Waals surface area contributed by atoms with E-state index in [9.17, 15) is 9.59 Å². The quantitative estimate of drug-likeness (QED) is 0.908. The van der Waals surface area contributed by atoms with Gasteiger partial charge in [-0.1, -0.05) is 12.1 Å². The predicted molar refractivity (Wildman–Crippen MR) is 82.7 cm³/mol. The molecule has 1 heterocycles. The van der Waals surface area contributed by atoms with Crippen molar-refractivity contribution in [2.24, 2.45) is 0 Å². The van der Waals surface area contributed by atoms with Crippen LogP contribution in [0.2, 0.25) is 0 Å². The molecule has 0 aliphatic heterocycles. The summed E-state index contributed by atoms with van der Waals surface area (Å²) in [5, 5.41) is 8.80. The molecule has 0 saturated heterocycles. The number of hydrogen-bond acceptors (Lipinski definition) is 4. The highest BCUT2D eigenvalue weighted by atomic mass is 16.5. The summed E-state index contributed by atoms with van der Waals surface area (Å²) in [6.07, 6.45) is 3.19. The number of carbonyl (C=O) groups is 2. The lowest BCUT2D eigenvalue weighted by atomic mass is 9.83. The topological polar surface area (TPSA) is 76.7 Å². The molecule has 0 bridgehead atoms. The smallest absolute Gasteiger partial charge is 0.371 e. The molecule has 0 radical (unpaired) electrons. The molecule has 5 nitrogen and oxygen atoms in total. The first kappa shape index (κ1) is 15.3. The van der Waals surface area contributed by atoms with Gasteiger partial charge in [-0.15, -0.1) is 0 Å². The lowest BCUT2D eigenvalue weighted by Gasteiger charge is -2.21. The Balaban J connectivity index is 1.56. The molecule has 120 valence electrons. The third-order valence-electron chi connectivity index (χ3n) is 4.15. The molecule has 3 rings (SSSR count). The van der Waals surface area contributed by atoms with E-state index in [0.29, 0.717) is 36.1 Å². The van der Waals surface area contributed by atoms with Gasteiger partial charge in [-0.2, -0.15) is 0 Å². The van der Waals surface area contributed by atoms with Crippen LogP contribution < -0.4 is 4.74 Å². The Bertz CT molecular complexity index is 688. The van der Waals surface area contributed by atoms with Gasteiger partial charge in [0.05, 0.1) is 0 Å². The van der Waals surface area contributed by atoms with E-state index in [0.717, 1.165) is 12.8 Å². The number of benzene rings is 1. The molecule has 1 saturated carbocycles. The summed E-state index contributed by atoms with van der Waals surface area (Å²) in [6, 6.07) is 10.9. The molecule has 0 spiro atoms. The fourth-order valence-electron chi connectivity index (χ4n) is 2.83. The summed E-state index contributed by atoms with van der Waals surface area (Å²) in [5.74, 6) is 0.800. The van der Waals surface area contributed by atoms with Gasteiger partial charge >= 0.3 is 5.97 Å². The van der Waals surface area contributed by atoms with E-state index in [-0.39, 0.29) is 12.4 Å². The van der Waals surface area contributed by atoms with Crippen molar-refractivity contribution >= 4 is 11.8 Å². The maximum atomic E-state index is 11.3. The average Bonchev–Trinajstić information content (AvgIpc) is 3.04. The Kier molecular flexibility index (Phi) is 4.46. The van der Waals surface area contributed by atoms with Crippen LogP contribution in [0.3, 0.4) is 0 Å². The summed E-state index contributed by atoms with van der Waals surface area (Å²) in [7, 11) is 0. The van der Waals surface area contributed by atoms with Crippen molar-refractivity contribution in [1.29, 1.82) is 0 Å². The van der Waals surface area contributed by atoms with Crippen LogP contribution in [0.1, 0.15) is 53.5 Å². The average molecular weight is 314 g/mol. The van der Waals surface area contributed by atoms with Gasteiger partial charge in [0.25, 0.3) is 0 Å². The van der Waals surface area contributed by atoms with Crippen molar-refractivity contribution in [3.63, 3.8) is 0 Å². The molecule has 5 heteroatoms. The number of rotatable bonds is 5. The molecule has 23 heavy (non-hydrogen) atoms. The number of carboxylic acids is 1. The second kappa shape index (κ2) is 6.69. The van der Waals surface area contributed by atoms with Gasteiger partial charge in [0.15, 0.2) is 0 Å². The minimum atomic E-state index is -1.09. The number of aromatic carboxylic acids is 1. The van der Waals surface area contributed by atoms with Gasteiger partial charge < -0.3 is 14.3 Å². The number of ether oxygens (including phenoxy) is 1. The Labute approximate surface area is 133 Å². The van der Waals surface area contributed by atoms with Gasteiger partial charge in [-0.25, -0.2) is 4.79 Å². The zero-order valence-electron chi connectivity index (χ0n) is 12.7. The number of furan rings is 1. The minimum Gasteiger partial charge on any atom is -0.486 e. The van der Waals surface area contributed by atoms with Crippen LogP contribution in [-0.2, 0) is 11.4 Å². The van der Waals surface area contributed by atoms with Crippen molar-refractivity contribution in [3.05, 3.63) is 53.5 Å². The monoisotopic (exact) mass is 314 g/mol. The van der Waals surface area contributed by atoms with Crippen LogP contribution in [0, 0.1) is 0 Å². The molecule has 0 atom stereocenters. The minimum absolute atomic E-state index is 0.0919. The first-order valence-corrected chi connectivity index (χ1v) is 7.68. The van der Waals surface area contributed by atoms with Crippen LogP contribution >= 0.6 is 0 Å². The Morgan fingerprint density at radius 3 is 2.43 bits per heavy atom. The summed E-state index contributed by atoms with van der Waals surface area (Å²) >= 11 is 0. The third-order valence-corrected chi connectivity index (χ3v) is 4.15. The van der Waals surface area contributed by atoms with E-state index in [2.05, 4.69) is 0 Å². The first-order chi connectivity index (χ1) is 11.1. The number of Topliss-reactive ketones (excluding diaryl/α,β-unsaturated/α-hetero) is 1. The molecule has 0 unspecified atom stereocenters. The maximum Gasteiger partial charge on any atom is 0.371 e. The van der Waals surface area contributed by atoms with E-state index >= 15 is 0 Å². The van der Waals surface area contributed by atoms with Crippen LogP contribution in [0.5, 0.6) is 5.75 Å². The zero-order chi connectivity index (χ0) is 16.2. The molecule has 1 fully saturated rings. The van der Waals surface area contributed by atoms with E-state index in [1.165, 1.54) is 11.6 Å². The number of carboxylic acid groups (broad SMARTS) is 1. The lowest BCUT2D eigenvalue weighted by molar-refractivity contribution is -0.120. The molecular formula is C18H18O5. The van der Waals surface area contributed by atoms with E-state index < -0.39 is 5.97 Å².